The number of carbonyl (C=O) groups is 2. The van der Waals surface area contributed by atoms with Crippen LogP contribution in [0, 0.1) is 11.6 Å². The molecule has 0 spiro atoms. The summed E-state index contributed by atoms with van der Waals surface area (Å²) >= 11 is 26.8. The fourth-order valence-electron chi connectivity index (χ4n) is 2.63. The van der Waals surface area contributed by atoms with Crippen molar-refractivity contribution in [1.29, 1.82) is 0 Å². The third-order valence-corrected chi connectivity index (χ3v) is 6.11. The zero-order valence-corrected chi connectivity index (χ0v) is 20.0. The number of amides is 3. The maximum atomic E-state index is 14.6. The molecule has 31 heavy (non-hydrogen) atoms. The number of carbonyl (C=O) groups excluding carboxylic acids is 2. The van der Waals surface area contributed by atoms with Crippen molar-refractivity contribution < 1.29 is 18.4 Å². The molecule has 2 aromatic carbocycles. The van der Waals surface area contributed by atoms with Crippen LogP contribution in [0.2, 0.25) is 5.02 Å². The van der Waals surface area contributed by atoms with Gasteiger partial charge in [-0.25, -0.2) is 23.5 Å². The van der Waals surface area contributed by atoms with Crippen LogP contribution in [-0.2, 0) is 4.79 Å². The van der Waals surface area contributed by atoms with E-state index in [2.05, 4.69) is 26.2 Å². The van der Waals surface area contributed by atoms with E-state index in [-0.39, 0.29) is 20.9 Å². The van der Waals surface area contributed by atoms with Crippen molar-refractivity contribution in [2.75, 3.05) is 17.3 Å². The molecule has 3 rings (SSSR count). The lowest BCUT2D eigenvalue weighted by Gasteiger charge is -2.25. The molecule has 164 valence electrons. The molecule has 0 aromatic heterocycles. The van der Waals surface area contributed by atoms with E-state index < -0.39 is 39.4 Å². The van der Waals surface area contributed by atoms with Crippen molar-refractivity contribution in [3.05, 3.63) is 57.5 Å². The number of amidine groups is 1. The number of likely N-dealkylation sites (N-methyl/N-ethyl adjacent to an activating group) is 1. The number of hydrogen-bond acceptors (Lipinski definition) is 4. The first-order valence-corrected chi connectivity index (χ1v) is 10.6. The van der Waals surface area contributed by atoms with Crippen LogP contribution in [0.15, 0.2) is 45.9 Å². The Balaban J connectivity index is 2.10. The SMILES string of the molecule is CN1C(=O)C(=NC(Nc2ccc(Cl)c(Br)c2F)C(Cl)(Cl)Cl)N(c2ccccc2F)C1=O. The predicted molar refractivity (Wildman–Crippen MR) is 121 cm³/mol. The summed E-state index contributed by atoms with van der Waals surface area (Å²) in [4.78, 5) is 30.8. The van der Waals surface area contributed by atoms with Crippen LogP contribution in [0.3, 0.4) is 0 Å². The van der Waals surface area contributed by atoms with E-state index in [4.69, 9.17) is 46.4 Å². The predicted octanol–water partition coefficient (Wildman–Crippen LogP) is 5.99. The average Bonchev–Trinajstić information content (AvgIpc) is 2.91. The van der Waals surface area contributed by atoms with Crippen LogP contribution >= 0.6 is 62.3 Å². The molecule has 1 aliphatic rings. The number of nitrogens with zero attached hydrogens (tertiary/aromatic N) is 3. The van der Waals surface area contributed by atoms with Crippen molar-refractivity contribution in [2.24, 2.45) is 4.99 Å². The topological polar surface area (TPSA) is 65.0 Å². The van der Waals surface area contributed by atoms with Gasteiger partial charge in [-0.15, -0.1) is 0 Å². The smallest absolute Gasteiger partial charge is 0.337 e. The summed E-state index contributed by atoms with van der Waals surface area (Å²) in [5, 5.41) is 2.67. The van der Waals surface area contributed by atoms with E-state index in [0.29, 0.717) is 0 Å². The Morgan fingerprint density at radius 1 is 1.13 bits per heavy atom. The van der Waals surface area contributed by atoms with Crippen LogP contribution < -0.4 is 10.2 Å². The molecule has 1 N–H and O–H groups in total. The van der Waals surface area contributed by atoms with Gasteiger partial charge in [0.15, 0.2) is 12.0 Å². The Hall–Kier alpha value is -1.65. The second kappa shape index (κ2) is 9.07. The molecular formula is C18H11BrCl4F2N4O2. The highest BCUT2D eigenvalue weighted by Gasteiger charge is 2.44. The number of rotatable bonds is 4. The van der Waals surface area contributed by atoms with Crippen molar-refractivity contribution in [3.8, 4) is 0 Å². The van der Waals surface area contributed by atoms with Crippen LogP contribution in [0.5, 0.6) is 0 Å². The molecule has 0 aliphatic carbocycles. The van der Waals surface area contributed by atoms with Crippen molar-refractivity contribution in [2.45, 2.75) is 9.96 Å². The van der Waals surface area contributed by atoms with Gasteiger partial charge in [0.1, 0.15) is 5.82 Å². The zero-order valence-electron chi connectivity index (χ0n) is 15.3. The van der Waals surface area contributed by atoms with Gasteiger partial charge in [0.25, 0.3) is 5.91 Å². The van der Waals surface area contributed by atoms with Gasteiger partial charge in [0.05, 0.1) is 20.9 Å². The number of anilines is 2. The van der Waals surface area contributed by atoms with Crippen LogP contribution in [0.1, 0.15) is 0 Å². The van der Waals surface area contributed by atoms with Crippen LogP contribution in [0.4, 0.5) is 25.0 Å². The van der Waals surface area contributed by atoms with E-state index in [0.717, 1.165) is 15.9 Å². The number of halogens is 7. The maximum Gasteiger partial charge on any atom is 0.337 e. The standard InChI is InChI=1S/C18H11BrCl4F2N4O2/c1-28-15(30)14(29(17(28)31)11-5-3-2-4-9(11)24)27-16(18(21,22)23)26-10-7-6-8(20)12(19)13(10)25/h2-7,16,26H,1H3. The molecule has 2 aromatic rings. The molecule has 1 heterocycles. The van der Waals surface area contributed by atoms with Gasteiger partial charge in [0, 0.05) is 7.05 Å². The van der Waals surface area contributed by atoms with Crippen LogP contribution in [0.25, 0.3) is 0 Å². The first kappa shape index (κ1) is 24.0. The summed E-state index contributed by atoms with van der Waals surface area (Å²) < 4.78 is 26.7. The first-order chi connectivity index (χ1) is 14.4. The number of hydrogen-bond donors (Lipinski definition) is 1. The Bertz CT molecular complexity index is 1100. The van der Waals surface area contributed by atoms with Gasteiger partial charge in [-0.3, -0.25) is 9.69 Å². The highest BCUT2D eigenvalue weighted by molar-refractivity contribution is 9.10. The van der Waals surface area contributed by atoms with E-state index in [1.54, 1.807) is 0 Å². The summed E-state index contributed by atoms with van der Waals surface area (Å²) in [6.07, 6.45) is -1.55. The van der Waals surface area contributed by atoms with Crippen molar-refractivity contribution >= 4 is 91.5 Å². The lowest BCUT2D eigenvalue weighted by molar-refractivity contribution is -0.119. The van der Waals surface area contributed by atoms with E-state index in [9.17, 15) is 18.4 Å². The molecule has 1 fully saturated rings. The molecule has 13 heteroatoms. The second-order valence-corrected chi connectivity index (χ2v) is 9.77. The second-order valence-electron chi connectivity index (χ2n) is 6.20. The molecular weight excluding hydrogens is 564 g/mol. The van der Waals surface area contributed by atoms with E-state index in [1.807, 2.05) is 0 Å². The van der Waals surface area contributed by atoms with Gasteiger partial charge < -0.3 is 5.32 Å². The molecule has 1 saturated heterocycles. The summed E-state index contributed by atoms with van der Waals surface area (Å²) in [7, 11) is 1.19. The summed E-state index contributed by atoms with van der Waals surface area (Å²) in [6.45, 7) is 0. The van der Waals surface area contributed by atoms with Crippen LogP contribution in [-0.4, -0.2) is 39.7 Å². The van der Waals surface area contributed by atoms with Gasteiger partial charge >= 0.3 is 6.03 Å². The fourth-order valence-corrected chi connectivity index (χ4v) is 3.43. The number of nitrogens with one attached hydrogen (secondary N) is 1. The molecule has 1 unspecified atom stereocenters. The average molecular weight is 575 g/mol. The highest BCUT2D eigenvalue weighted by atomic mass is 79.9. The quantitative estimate of drug-likeness (QED) is 0.277. The van der Waals surface area contributed by atoms with E-state index in [1.165, 1.54) is 37.4 Å². The largest absolute Gasteiger partial charge is 0.358 e. The van der Waals surface area contributed by atoms with Gasteiger partial charge in [0.2, 0.25) is 9.63 Å². The Kier molecular flexibility index (Phi) is 7.02. The minimum Gasteiger partial charge on any atom is -0.358 e. The molecule has 3 amide bonds. The molecule has 0 bridgehead atoms. The minimum absolute atomic E-state index is 0.0466. The summed E-state index contributed by atoms with van der Waals surface area (Å²) in [6, 6.07) is 7.05. The number of aliphatic imine (C=N–C) groups is 1. The lowest BCUT2D eigenvalue weighted by atomic mass is 10.2. The number of alkyl halides is 3. The number of para-hydroxylation sites is 1. The first-order valence-electron chi connectivity index (χ1n) is 8.34. The summed E-state index contributed by atoms with van der Waals surface area (Å²) in [5.74, 6) is -2.97. The molecule has 0 radical (unpaired) electrons. The number of imide groups is 1. The molecule has 0 saturated carbocycles. The third kappa shape index (κ3) is 4.75. The van der Waals surface area contributed by atoms with Crippen molar-refractivity contribution in [1.82, 2.24) is 4.90 Å². The normalized spacial score (nSPS) is 17.0. The van der Waals surface area contributed by atoms with Gasteiger partial charge in [-0.2, -0.15) is 0 Å². The zero-order chi connectivity index (χ0) is 23.1. The maximum absolute atomic E-state index is 14.6. The van der Waals surface area contributed by atoms with E-state index >= 15 is 0 Å². The van der Waals surface area contributed by atoms with Gasteiger partial charge in [-0.1, -0.05) is 58.5 Å². The minimum atomic E-state index is -2.20. The third-order valence-electron chi connectivity index (χ3n) is 4.17. The fraction of sp³-hybridized carbons (Fsp3) is 0.167. The molecule has 6 nitrogen and oxygen atoms in total. The Morgan fingerprint density at radius 2 is 1.77 bits per heavy atom. The Morgan fingerprint density at radius 3 is 2.39 bits per heavy atom. The number of benzene rings is 2. The Labute approximate surface area is 203 Å². The molecule has 1 aliphatic heterocycles. The van der Waals surface area contributed by atoms with Gasteiger partial charge in [-0.05, 0) is 40.2 Å². The number of urea groups is 1. The summed E-state index contributed by atoms with van der Waals surface area (Å²) in [5.41, 5.74) is -0.382. The lowest BCUT2D eigenvalue weighted by Crippen LogP contribution is -2.38. The monoisotopic (exact) mass is 572 g/mol. The molecule has 1 atom stereocenters. The highest BCUT2D eigenvalue weighted by Crippen LogP contribution is 2.37. The van der Waals surface area contributed by atoms with Crippen molar-refractivity contribution in [3.63, 3.8) is 0 Å².